The van der Waals surface area contributed by atoms with E-state index < -0.39 is 5.97 Å². The van der Waals surface area contributed by atoms with Gasteiger partial charge in [-0.25, -0.2) is 4.79 Å². The van der Waals surface area contributed by atoms with E-state index in [2.05, 4.69) is 10.1 Å². The van der Waals surface area contributed by atoms with E-state index >= 15 is 0 Å². The third-order valence-electron chi connectivity index (χ3n) is 4.00. The largest absolute Gasteiger partial charge is 0.465 e. The average Bonchev–Trinajstić information content (AvgIpc) is 3.28. The predicted molar refractivity (Wildman–Crippen MR) is 101 cm³/mol. The van der Waals surface area contributed by atoms with E-state index in [0.717, 1.165) is 24.2 Å². The molecule has 134 valence electrons. The molecule has 0 radical (unpaired) electrons. The third-order valence-corrected chi connectivity index (χ3v) is 4.89. The molecule has 2 aromatic rings. The molecule has 2 heterocycles. The molecular formula is C19H18N2O4S. The van der Waals surface area contributed by atoms with Crippen LogP contribution in [0.4, 0.5) is 11.4 Å². The maximum absolute atomic E-state index is 12.1. The van der Waals surface area contributed by atoms with Gasteiger partial charge in [-0.15, -0.1) is 11.3 Å². The number of nitrogens with zero attached hydrogens (tertiary/aromatic N) is 1. The highest BCUT2D eigenvalue weighted by atomic mass is 32.1. The Balaban J connectivity index is 1.62. The first-order valence-corrected chi connectivity index (χ1v) is 9.02. The molecule has 1 aromatic carbocycles. The highest BCUT2D eigenvalue weighted by molar-refractivity contribution is 7.12. The number of carbonyl (C=O) groups is 3. The highest BCUT2D eigenvalue weighted by Crippen LogP contribution is 2.24. The van der Waals surface area contributed by atoms with Crippen LogP contribution in [0, 0.1) is 0 Å². The fourth-order valence-electron chi connectivity index (χ4n) is 2.69. The van der Waals surface area contributed by atoms with Gasteiger partial charge in [-0.05, 0) is 41.6 Å². The van der Waals surface area contributed by atoms with Gasteiger partial charge in [-0.3, -0.25) is 9.59 Å². The molecule has 2 amide bonds. The Bertz CT molecular complexity index is 855. The minimum Gasteiger partial charge on any atom is -0.465 e. The lowest BCUT2D eigenvalue weighted by Gasteiger charge is -2.15. The SMILES string of the molecule is COC(=O)c1sccc1NC(=O)/C=C/c1ccc(N2CCCC2=O)cc1. The Hall–Kier alpha value is -2.93. The van der Waals surface area contributed by atoms with Gasteiger partial charge in [0.15, 0.2) is 0 Å². The maximum atomic E-state index is 12.1. The van der Waals surface area contributed by atoms with E-state index in [4.69, 9.17) is 0 Å². The molecule has 1 N–H and O–H groups in total. The van der Waals surface area contributed by atoms with Gasteiger partial charge in [0.25, 0.3) is 0 Å². The molecule has 0 bridgehead atoms. The molecule has 0 aliphatic carbocycles. The standard InChI is InChI=1S/C19H18N2O4S/c1-25-19(24)18-15(10-12-26-18)20-16(22)9-6-13-4-7-14(8-5-13)21-11-2-3-17(21)23/h4-10,12H,2-3,11H2,1H3,(H,20,22)/b9-6+. The van der Waals surface area contributed by atoms with Crippen LogP contribution in [0.15, 0.2) is 41.8 Å². The highest BCUT2D eigenvalue weighted by Gasteiger charge is 2.21. The molecule has 1 fully saturated rings. The molecule has 26 heavy (non-hydrogen) atoms. The molecule has 1 aromatic heterocycles. The van der Waals surface area contributed by atoms with Gasteiger partial charge in [0, 0.05) is 24.7 Å². The smallest absolute Gasteiger partial charge is 0.350 e. The van der Waals surface area contributed by atoms with Gasteiger partial charge in [0.2, 0.25) is 11.8 Å². The average molecular weight is 370 g/mol. The molecule has 3 rings (SSSR count). The summed E-state index contributed by atoms with van der Waals surface area (Å²) in [5.41, 5.74) is 2.14. The zero-order valence-electron chi connectivity index (χ0n) is 14.2. The first-order valence-electron chi connectivity index (χ1n) is 8.14. The van der Waals surface area contributed by atoms with Crippen LogP contribution in [0.2, 0.25) is 0 Å². The molecular weight excluding hydrogens is 352 g/mol. The van der Waals surface area contributed by atoms with Crippen molar-refractivity contribution in [2.24, 2.45) is 0 Å². The van der Waals surface area contributed by atoms with E-state index in [1.165, 1.54) is 24.5 Å². The van der Waals surface area contributed by atoms with Gasteiger partial charge < -0.3 is 15.0 Å². The van der Waals surface area contributed by atoms with E-state index in [9.17, 15) is 14.4 Å². The summed E-state index contributed by atoms with van der Waals surface area (Å²) in [5.74, 6) is -0.677. The Morgan fingerprint density at radius 3 is 2.65 bits per heavy atom. The fourth-order valence-corrected chi connectivity index (χ4v) is 3.46. The number of rotatable bonds is 5. The van der Waals surface area contributed by atoms with Gasteiger partial charge >= 0.3 is 5.97 Å². The summed E-state index contributed by atoms with van der Waals surface area (Å²) in [5, 5.41) is 4.38. The molecule has 0 spiro atoms. The molecule has 7 heteroatoms. The second-order valence-electron chi connectivity index (χ2n) is 5.72. The first kappa shape index (κ1) is 17.9. The molecule has 1 aliphatic heterocycles. The lowest BCUT2D eigenvalue weighted by atomic mass is 10.2. The number of ether oxygens (including phenoxy) is 1. The van der Waals surface area contributed by atoms with Gasteiger partial charge in [0.05, 0.1) is 12.8 Å². The van der Waals surface area contributed by atoms with E-state index in [1.54, 1.807) is 22.4 Å². The summed E-state index contributed by atoms with van der Waals surface area (Å²) in [4.78, 5) is 37.6. The summed E-state index contributed by atoms with van der Waals surface area (Å²) in [6.07, 6.45) is 4.55. The molecule has 0 atom stereocenters. The van der Waals surface area contributed by atoms with Crippen LogP contribution in [0.1, 0.15) is 28.1 Å². The Labute approximate surface area is 155 Å². The van der Waals surface area contributed by atoms with Crippen molar-refractivity contribution in [3.8, 4) is 0 Å². The Morgan fingerprint density at radius 2 is 2.00 bits per heavy atom. The van der Waals surface area contributed by atoms with Crippen molar-refractivity contribution in [3.63, 3.8) is 0 Å². The summed E-state index contributed by atoms with van der Waals surface area (Å²) in [6, 6.07) is 9.11. The fraction of sp³-hybridized carbons (Fsp3) is 0.211. The summed E-state index contributed by atoms with van der Waals surface area (Å²) >= 11 is 1.21. The molecule has 6 nitrogen and oxygen atoms in total. The van der Waals surface area contributed by atoms with Crippen molar-refractivity contribution in [1.29, 1.82) is 0 Å². The summed E-state index contributed by atoms with van der Waals surface area (Å²) in [7, 11) is 1.30. The number of thiophene rings is 1. The number of nitrogens with one attached hydrogen (secondary N) is 1. The van der Waals surface area contributed by atoms with Crippen LogP contribution >= 0.6 is 11.3 Å². The molecule has 1 saturated heterocycles. The lowest BCUT2D eigenvalue weighted by molar-refractivity contribution is -0.117. The monoisotopic (exact) mass is 370 g/mol. The number of methoxy groups -OCH3 is 1. The van der Waals surface area contributed by atoms with Gasteiger partial charge in [0.1, 0.15) is 4.88 Å². The number of carbonyl (C=O) groups excluding carboxylic acids is 3. The van der Waals surface area contributed by atoms with Crippen molar-refractivity contribution in [2.45, 2.75) is 12.8 Å². The number of amides is 2. The zero-order valence-corrected chi connectivity index (χ0v) is 15.0. The lowest BCUT2D eigenvalue weighted by Crippen LogP contribution is -2.23. The van der Waals surface area contributed by atoms with E-state index in [-0.39, 0.29) is 11.8 Å². The normalized spacial score (nSPS) is 14.0. The quantitative estimate of drug-likeness (QED) is 0.647. The molecule has 1 aliphatic rings. The van der Waals surface area contributed by atoms with Crippen molar-refractivity contribution in [1.82, 2.24) is 0 Å². The van der Waals surface area contributed by atoms with Gasteiger partial charge in [-0.1, -0.05) is 12.1 Å². The molecule has 0 unspecified atom stereocenters. The topological polar surface area (TPSA) is 75.7 Å². The first-order chi connectivity index (χ1) is 12.6. The van der Waals surface area contributed by atoms with Crippen molar-refractivity contribution >= 4 is 46.6 Å². The maximum Gasteiger partial charge on any atom is 0.350 e. The number of hydrogen-bond acceptors (Lipinski definition) is 5. The Kier molecular flexibility index (Phi) is 5.48. The van der Waals surface area contributed by atoms with E-state index in [1.807, 2.05) is 24.3 Å². The van der Waals surface area contributed by atoms with Gasteiger partial charge in [-0.2, -0.15) is 0 Å². The van der Waals surface area contributed by atoms with Crippen LogP contribution < -0.4 is 10.2 Å². The summed E-state index contributed by atoms with van der Waals surface area (Å²) < 4.78 is 4.68. The van der Waals surface area contributed by atoms with Crippen LogP contribution in [0.5, 0.6) is 0 Å². The second kappa shape index (κ2) is 7.97. The number of anilines is 2. The molecule has 0 saturated carbocycles. The van der Waals surface area contributed by atoms with Crippen LogP contribution in [0.3, 0.4) is 0 Å². The third kappa shape index (κ3) is 4.00. The summed E-state index contributed by atoms with van der Waals surface area (Å²) in [6.45, 7) is 0.750. The second-order valence-corrected chi connectivity index (χ2v) is 6.63. The Morgan fingerprint density at radius 1 is 1.23 bits per heavy atom. The van der Waals surface area contributed by atoms with Crippen molar-refractivity contribution < 1.29 is 19.1 Å². The predicted octanol–water partition coefficient (Wildman–Crippen LogP) is 3.31. The number of benzene rings is 1. The van der Waals surface area contributed by atoms with Crippen LogP contribution in [-0.2, 0) is 14.3 Å². The van der Waals surface area contributed by atoms with Crippen LogP contribution in [0.25, 0.3) is 6.08 Å². The zero-order chi connectivity index (χ0) is 18.5. The van der Waals surface area contributed by atoms with E-state index in [0.29, 0.717) is 17.0 Å². The number of hydrogen-bond donors (Lipinski definition) is 1. The number of esters is 1. The minimum atomic E-state index is -0.480. The van der Waals surface area contributed by atoms with Crippen molar-refractivity contribution in [3.05, 3.63) is 52.2 Å². The van der Waals surface area contributed by atoms with Crippen molar-refractivity contribution in [2.75, 3.05) is 23.9 Å². The minimum absolute atomic E-state index is 0.143. The van der Waals surface area contributed by atoms with Crippen LogP contribution in [-0.4, -0.2) is 31.4 Å².